The first-order chi connectivity index (χ1) is 8.75. The van der Waals surface area contributed by atoms with Crippen molar-refractivity contribution in [2.24, 2.45) is 0 Å². The number of aromatic nitrogens is 1. The molecule has 4 heteroatoms. The van der Waals surface area contributed by atoms with Gasteiger partial charge in [-0.2, -0.15) is 0 Å². The third kappa shape index (κ3) is 2.13. The van der Waals surface area contributed by atoms with Crippen LogP contribution in [0.5, 0.6) is 0 Å². The topological polar surface area (TPSA) is 24.9 Å². The van der Waals surface area contributed by atoms with Gasteiger partial charge < -0.3 is 5.32 Å². The number of nitrogens with zero attached hydrogens (tertiary/aromatic N) is 1. The van der Waals surface area contributed by atoms with Crippen molar-refractivity contribution in [1.29, 1.82) is 0 Å². The maximum absolute atomic E-state index is 6.44. The van der Waals surface area contributed by atoms with Crippen molar-refractivity contribution >= 4 is 33.3 Å². The zero-order valence-electron chi connectivity index (χ0n) is 9.61. The van der Waals surface area contributed by atoms with Crippen LogP contribution in [0.25, 0.3) is 0 Å². The van der Waals surface area contributed by atoms with Crippen LogP contribution >= 0.6 is 27.5 Å². The van der Waals surface area contributed by atoms with Crippen LogP contribution in [0.2, 0.25) is 0 Å². The Kier molecular flexibility index (Phi) is 3.27. The number of alkyl halides is 1. The molecule has 1 aromatic heterocycles. The summed E-state index contributed by atoms with van der Waals surface area (Å²) in [6, 6.07) is 12.4. The van der Waals surface area contributed by atoms with Crippen molar-refractivity contribution in [3.8, 4) is 0 Å². The average Bonchev–Trinajstić information content (AvgIpc) is 2.69. The van der Waals surface area contributed by atoms with E-state index in [1.807, 2.05) is 12.1 Å². The van der Waals surface area contributed by atoms with Crippen LogP contribution < -0.4 is 5.32 Å². The molecule has 1 N–H and O–H groups in total. The molecule has 92 valence electrons. The van der Waals surface area contributed by atoms with Gasteiger partial charge in [-0.15, -0.1) is 11.6 Å². The Labute approximate surface area is 120 Å². The highest BCUT2D eigenvalue weighted by Gasteiger charge is 2.31. The quantitative estimate of drug-likeness (QED) is 0.839. The molecular weight excluding hydrogens is 312 g/mol. The van der Waals surface area contributed by atoms with Gasteiger partial charge in [-0.05, 0) is 45.6 Å². The molecule has 0 radical (unpaired) electrons. The van der Waals surface area contributed by atoms with Gasteiger partial charge in [0.25, 0.3) is 0 Å². The van der Waals surface area contributed by atoms with Gasteiger partial charge in [-0.3, -0.25) is 0 Å². The number of halogens is 2. The van der Waals surface area contributed by atoms with Crippen LogP contribution in [0.3, 0.4) is 0 Å². The highest BCUT2D eigenvalue weighted by Crippen LogP contribution is 2.37. The molecule has 1 heterocycles. The van der Waals surface area contributed by atoms with Gasteiger partial charge in [-0.1, -0.05) is 24.3 Å². The summed E-state index contributed by atoms with van der Waals surface area (Å²) in [4.78, 5) is 4.33. The Morgan fingerprint density at radius 3 is 2.89 bits per heavy atom. The minimum Gasteiger partial charge on any atom is -0.361 e. The number of nitrogens with one attached hydrogen (secondary N) is 1. The Balaban J connectivity index is 1.92. The monoisotopic (exact) mass is 322 g/mol. The Morgan fingerprint density at radius 1 is 1.22 bits per heavy atom. The predicted octanol–water partition coefficient (Wildman–Crippen LogP) is 4.16. The Bertz CT molecular complexity index is 573. The normalized spacial score (nSPS) is 21.7. The largest absolute Gasteiger partial charge is 0.361 e. The Hall–Kier alpha value is -1.06. The molecule has 3 rings (SSSR count). The van der Waals surface area contributed by atoms with Gasteiger partial charge in [-0.25, -0.2) is 4.98 Å². The number of benzene rings is 1. The molecule has 1 aliphatic carbocycles. The van der Waals surface area contributed by atoms with E-state index in [9.17, 15) is 0 Å². The number of rotatable bonds is 2. The zero-order chi connectivity index (χ0) is 12.5. The first kappa shape index (κ1) is 12.0. The molecule has 2 aromatic rings. The molecule has 0 aliphatic heterocycles. The fourth-order valence-corrected chi connectivity index (χ4v) is 3.09. The second kappa shape index (κ2) is 4.90. The van der Waals surface area contributed by atoms with Crippen LogP contribution in [0.1, 0.15) is 17.2 Å². The van der Waals surface area contributed by atoms with E-state index in [1.54, 1.807) is 6.20 Å². The molecule has 0 saturated carbocycles. The second-order valence-electron chi connectivity index (χ2n) is 4.37. The summed E-state index contributed by atoms with van der Waals surface area (Å²) in [5.74, 6) is 0.838. The lowest BCUT2D eigenvalue weighted by atomic mass is 10.1. The van der Waals surface area contributed by atoms with E-state index in [1.165, 1.54) is 11.1 Å². The average molecular weight is 324 g/mol. The number of pyridine rings is 1. The summed E-state index contributed by atoms with van der Waals surface area (Å²) < 4.78 is 0.957. The van der Waals surface area contributed by atoms with Gasteiger partial charge in [0, 0.05) is 6.20 Å². The summed E-state index contributed by atoms with van der Waals surface area (Å²) in [5.41, 5.74) is 2.59. The standard InChI is InChI=1S/C14H12BrClN2/c15-11-6-3-7-17-14(11)18-13-10-5-2-1-4-9(10)8-12(13)16/h1-7,12-13H,8H2,(H,17,18). The third-order valence-corrected chi connectivity index (χ3v) is 4.26. The van der Waals surface area contributed by atoms with Crippen molar-refractivity contribution in [2.45, 2.75) is 17.8 Å². The molecule has 0 spiro atoms. The molecule has 18 heavy (non-hydrogen) atoms. The molecule has 0 bridgehead atoms. The van der Waals surface area contributed by atoms with Crippen LogP contribution in [-0.2, 0) is 6.42 Å². The van der Waals surface area contributed by atoms with Gasteiger partial charge in [0.05, 0.1) is 15.9 Å². The maximum atomic E-state index is 6.44. The predicted molar refractivity (Wildman–Crippen MR) is 78.1 cm³/mol. The lowest BCUT2D eigenvalue weighted by Gasteiger charge is -2.18. The smallest absolute Gasteiger partial charge is 0.140 e. The van der Waals surface area contributed by atoms with Gasteiger partial charge >= 0.3 is 0 Å². The molecule has 2 atom stereocenters. The van der Waals surface area contributed by atoms with Crippen molar-refractivity contribution in [2.75, 3.05) is 5.32 Å². The number of anilines is 1. The van der Waals surface area contributed by atoms with Crippen molar-refractivity contribution in [3.05, 3.63) is 58.2 Å². The molecule has 0 amide bonds. The summed E-state index contributed by atoms with van der Waals surface area (Å²) in [6.45, 7) is 0. The molecule has 2 nitrogen and oxygen atoms in total. The summed E-state index contributed by atoms with van der Waals surface area (Å²) in [6.07, 6.45) is 2.68. The van der Waals surface area contributed by atoms with Gasteiger partial charge in [0.15, 0.2) is 0 Å². The Morgan fingerprint density at radius 2 is 2.06 bits per heavy atom. The number of fused-ring (bicyclic) bond motifs is 1. The molecule has 0 saturated heterocycles. The van der Waals surface area contributed by atoms with E-state index in [4.69, 9.17) is 11.6 Å². The van der Waals surface area contributed by atoms with Gasteiger partial charge in [0.1, 0.15) is 5.82 Å². The van der Waals surface area contributed by atoms with E-state index < -0.39 is 0 Å². The van der Waals surface area contributed by atoms with Crippen LogP contribution in [-0.4, -0.2) is 10.4 Å². The van der Waals surface area contributed by atoms with Gasteiger partial charge in [0.2, 0.25) is 0 Å². The highest BCUT2D eigenvalue weighted by atomic mass is 79.9. The second-order valence-corrected chi connectivity index (χ2v) is 5.79. The van der Waals surface area contributed by atoms with E-state index in [-0.39, 0.29) is 11.4 Å². The lowest BCUT2D eigenvalue weighted by molar-refractivity contribution is 0.766. The molecule has 2 unspecified atom stereocenters. The summed E-state index contributed by atoms with van der Waals surface area (Å²) >= 11 is 9.94. The van der Waals surface area contributed by atoms with Crippen molar-refractivity contribution < 1.29 is 0 Å². The minimum absolute atomic E-state index is 0.0660. The highest BCUT2D eigenvalue weighted by molar-refractivity contribution is 9.10. The van der Waals surface area contributed by atoms with Crippen LogP contribution in [0.15, 0.2) is 47.1 Å². The van der Waals surface area contributed by atoms with E-state index >= 15 is 0 Å². The van der Waals surface area contributed by atoms with E-state index in [0.29, 0.717) is 0 Å². The van der Waals surface area contributed by atoms with Crippen LogP contribution in [0.4, 0.5) is 5.82 Å². The lowest BCUT2D eigenvalue weighted by Crippen LogP contribution is -2.17. The third-order valence-electron chi connectivity index (χ3n) is 3.22. The summed E-state index contributed by atoms with van der Waals surface area (Å²) in [5, 5.41) is 3.49. The molecular formula is C14H12BrClN2. The minimum atomic E-state index is 0.0660. The zero-order valence-corrected chi connectivity index (χ0v) is 11.9. The fraction of sp³-hybridized carbons (Fsp3) is 0.214. The molecule has 1 aromatic carbocycles. The van der Waals surface area contributed by atoms with E-state index in [0.717, 1.165) is 16.7 Å². The number of hydrogen-bond acceptors (Lipinski definition) is 2. The molecule has 0 fully saturated rings. The molecule has 1 aliphatic rings. The van der Waals surface area contributed by atoms with E-state index in [2.05, 4.69) is 50.5 Å². The van der Waals surface area contributed by atoms with Crippen molar-refractivity contribution in [1.82, 2.24) is 4.98 Å². The fourth-order valence-electron chi connectivity index (χ4n) is 2.35. The van der Waals surface area contributed by atoms with Crippen LogP contribution in [0, 0.1) is 0 Å². The first-order valence-corrected chi connectivity index (χ1v) is 7.07. The summed E-state index contributed by atoms with van der Waals surface area (Å²) in [7, 11) is 0. The SMILES string of the molecule is ClC1Cc2ccccc2C1Nc1ncccc1Br. The maximum Gasteiger partial charge on any atom is 0.140 e. The van der Waals surface area contributed by atoms with Crippen molar-refractivity contribution in [3.63, 3.8) is 0 Å². The number of hydrogen-bond donors (Lipinski definition) is 1. The first-order valence-electron chi connectivity index (χ1n) is 5.84.